The molecule has 4 rings (SSSR count). The number of ketones is 1. The minimum atomic E-state index is -1.01. The van der Waals surface area contributed by atoms with E-state index in [9.17, 15) is 28.8 Å². The third kappa shape index (κ3) is 8.62. The quantitative estimate of drug-likeness (QED) is 0.185. The lowest BCUT2D eigenvalue weighted by atomic mass is 9.80. The number of likely N-dealkylation sites (tertiary alicyclic amines) is 1. The summed E-state index contributed by atoms with van der Waals surface area (Å²) < 4.78 is 1.54. The molecule has 0 aromatic carbocycles. The van der Waals surface area contributed by atoms with Gasteiger partial charge in [0.25, 0.3) is 11.5 Å². The van der Waals surface area contributed by atoms with Gasteiger partial charge in [0.1, 0.15) is 12.1 Å². The van der Waals surface area contributed by atoms with E-state index in [1.807, 2.05) is 41.5 Å². The smallest absolute Gasteiger partial charge is 0.315 e. The SMILES string of the molecule is C=CCNC(=O)C(=O)C(CC1CCC1)NC(=O)[C@@H]1[C@@H]2[C@H](CN1C(=O)[C@@H](NC(=O)N[C@H](Cn1ccccc1=O)C(C)(C)C)C(C)(C)C)C2(C)C. The van der Waals surface area contributed by atoms with Crippen LogP contribution in [0.4, 0.5) is 4.79 Å². The van der Waals surface area contributed by atoms with Crippen molar-refractivity contribution in [2.75, 3.05) is 13.1 Å². The summed E-state index contributed by atoms with van der Waals surface area (Å²) in [5, 5.41) is 11.3. The van der Waals surface area contributed by atoms with E-state index >= 15 is 0 Å². The van der Waals surface area contributed by atoms with Gasteiger partial charge in [-0.2, -0.15) is 0 Å². The number of hydrogen-bond donors (Lipinski definition) is 4. The Labute approximate surface area is 290 Å². The lowest BCUT2D eigenvalue weighted by Gasteiger charge is -2.39. The highest BCUT2D eigenvalue weighted by Gasteiger charge is 2.70. The van der Waals surface area contributed by atoms with E-state index < -0.39 is 58.6 Å². The van der Waals surface area contributed by atoms with Gasteiger partial charge in [-0.05, 0) is 46.5 Å². The van der Waals surface area contributed by atoms with Gasteiger partial charge in [-0.25, -0.2) is 4.79 Å². The molecule has 1 unspecified atom stereocenters. The maximum atomic E-state index is 14.4. The van der Waals surface area contributed by atoms with Gasteiger partial charge in [-0.15, -0.1) is 6.58 Å². The minimum absolute atomic E-state index is 0.0766. The van der Waals surface area contributed by atoms with Crippen molar-refractivity contribution in [3.8, 4) is 0 Å². The van der Waals surface area contributed by atoms with Crippen LogP contribution in [0.1, 0.15) is 81.1 Å². The van der Waals surface area contributed by atoms with Crippen molar-refractivity contribution in [1.82, 2.24) is 30.7 Å². The average Bonchev–Trinajstić information content (AvgIpc) is 3.30. The summed E-state index contributed by atoms with van der Waals surface area (Å²) in [5.74, 6) is -2.15. The van der Waals surface area contributed by atoms with Crippen molar-refractivity contribution in [1.29, 1.82) is 0 Å². The van der Waals surface area contributed by atoms with E-state index in [0.29, 0.717) is 13.0 Å². The zero-order valence-corrected chi connectivity index (χ0v) is 30.4. The predicted molar refractivity (Wildman–Crippen MR) is 187 cm³/mol. The maximum absolute atomic E-state index is 14.4. The molecule has 0 bridgehead atoms. The van der Waals surface area contributed by atoms with E-state index in [-0.39, 0.29) is 47.7 Å². The summed E-state index contributed by atoms with van der Waals surface area (Å²) >= 11 is 0. The molecule has 4 N–H and O–H groups in total. The molecule has 1 saturated heterocycles. The Morgan fingerprint density at radius 1 is 1.00 bits per heavy atom. The molecule has 3 aliphatic rings. The third-order valence-corrected chi connectivity index (χ3v) is 10.8. The van der Waals surface area contributed by atoms with Gasteiger partial charge in [0, 0.05) is 31.9 Å². The molecule has 2 heterocycles. The van der Waals surface area contributed by atoms with Crippen molar-refractivity contribution in [3.63, 3.8) is 0 Å². The van der Waals surface area contributed by atoms with Crippen LogP contribution in [0, 0.1) is 34.0 Å². The van der Waals surface area contributed by atoms with Gasteiger partial charge in [0.2, 0.25) is 17.6 Å². The van der Waals surface area contributed by atoms with Crippen molar-refractivity contribution in [2.24, 2.45) is 34.0 Å². The summed E-state index contributed by atoms with van der Waals surface area (Å²) in [6, 6.07) is 1.03. The van der Waals surface area contributed by atoms with E-state index in [2.05, 4.69) is 41.7 Å². The number of carbonyl (C=O) groups is 5. The van der Waals surface area contributed by atoms with E-state index in [1.165, 1.54) is 16.7 Å². The number of carbonyl (C=O) groups excluding carboxylic acids is 5. The van der Waals surface area contributed by atoms with Crippen LogP contribution in [0.5, 0.6) is 0 Å². The second kappa shape index (κ2) is 14.5. The molecule has 1 aromatic rings. The molecule has 49 heavy (non-hydrogen) atoms. The molecule has 1 aliphatic heterocycles. The Morgan fingerprint density at radius 2 is 1.67 bits per heavy atom. The molecule has 270 valence electrons. The summed E-state index contributed by atoms with van der Waals surface area (Å²) in [4.78, 5) is 82.1. The normalized spacial score (nSPS) is 23.2. The number of aromatic nitrogens is 1. The first kappa shape index (κ1) is 37.9. The van der Waals surface area contributed by atoms with Crippen molar-refractivity contribution in [2.45, 2.75) is 112 Å². The van der Waals surface area contributed by atoms with Gasteiger partial charge in [-0.1, -0.05) is 86.8 Å². The van der Waals surface area contributed by atoms with Crippen LogP contribution in [0.3, 0.4) is 0 Å². The van der Waals surface area contributed by atoms with Gasteiger partial charge < -0.3 is 30.7 Å². The van der Waals surface area contributed by atoms with Crippen LogP contribution < -0.4 is 26.8 Å². The van der Waals surface area contributed by atoms with Gasteiger partial charge in [0.15, 0.2) is 0 Å². The Morgan fingerprint density at radius 3 is 2.22 bits per heavy atom. The van der Waals surface area contributed by atoms with Crippen LogP contribution in [-0.4, -0.2) is 76.3 Å². The number of fused-ring (bicyclic) bond motifs is 1. The molecule has 1 aromatic heterocycles. The monoisotopic (exact) mass is 680 g/mol. The Balaban J connectivity index is 1.54. The standard InChI is InChI=1S/C37H56N6O6/c1-10-17-38-32(47)29(45)24(19-22-14-13-15-22)39-31(46)28-27-23(37(27,8)9)20-43(28)33(48)30(36(5,6)7)41-34(49)40-25(35(2,3)4)21-42-18-12-11-16-26(42)44/h10-12,16,18,22-25,27-28,30H,1,13-15,17,19-21H2,2-9H3,(H,38,47)(H,39,46)(H2,40,41,49)/t23-,24?,25+,27-,28-,30+/m0/s1. The second-order valence-electron chi connectivity index (χ2n) is 16.9. The third-order valence-electron chi connectivity index (χ3n) is 10.8. The van der Waals surface area contributed by atoms with Gasteiger partial charge >= 0.3 is 6.03 Å². The van der Waals surface area contributed by atoms with Gasteiger partial charge in [-0.3, -0.25) is 24.0 Å². The lowest BCUT2D eigenvalue weighted by Crippen LogP contribution is -2.62. The predicted octanol–water partition coefficient (Wildman–Crippen LogP) is 3.01. The summed E-state index contributed by atoms with van der Waals surface area (Å²) in [7, 11) is 0. The van der Waals surface area contributed by atoms with Crippen molar-refractivity contribution in [3.05, 3.63) is 47.4 Å². The number of piperidine rings is 1. The number of hydrogen-bond acceptors (Lipinski definition) is 6. The fourth-order valence-corrected chi connectivity index (χ4v) is 7.26. The minimum Gasteiger partial charge on any atom is -0.346 e. The van der Waals surface area contributed by atoms with Crippen LogP contribution >= 0.6 is 0 Å². The number of pyridine rings is 1. The first-order valence-electron chi connectivity index (χ1n) is 17.5. The van der Waals surface area contributed by atoms with Crippen LogP contribution in [0.2, 0.25) is 0 Å². The van der Waals surface area contributed by atoms with Crippen LogP contribution in [0.25, 0.3) is 0 Å². The van der Waals surface area contributed by atoms with E-state index in [0.717, 1.165) is 19.3 Å². The highest BCUT2D eigenvalue weighted by Crippen LogP contribution is 2.65. The number of urea groups is 1. The van der Waals surface area contributed by atoms with Crippen LogP contribution in [0.15, 0.2) is 41.8 Å². The zero-order valence-electron chi connectivity index (χ0n) is 30.4. The number of rotatable bonds is 13. The molecule has 0 spiro atoms. The Hall–Kier alpha value is -3.96. The molecular weight excluding hydrogens is 624 g/mol. The van der Waals surface area contributed by atoms with Crippen molar-refractivity contribution < 1.29 is 24.0 Å². The fraction of sp³-hybridized carbons (Fsp3) is 0.676. The highest BCUT2D eigenvalue weighted by atomic mass is 16.2. The van der Waals surface area contributed by atoms with E-state index in [1.54, 1.807) is 23.2 Å². The summed E-state index contributed by atoms with van der Waals surface area (Å²) in [6.45, 7) is 19.9. The number of Topliss-reactive ketones (excluding diaryl/α,β-unsaturated/α-hetero) is 1. The van der Waals surface area contributed by atoms with E-state index in [4.69, 9.17) is 0 Å². The number of nitrogens with one attached hydrogen (secondary N) is 4. The molecule has 2 saturated carbocycles. The molecule has 3 fully saturated rings. The summed E-state index contributed by atoms with van der Waals surface area (Å²) in [6.07, 6.45) is 6.42. The highest BCUT2D eigenvalue weighted by molar-refractivity contribution is 6.38. The average molecular weight is 681 g/mol. The van der Waals surface area contributed by atoms with Crippen molar-refractivity contribution >= 4 is 29.5 Å². The Bertz CT molecular complexity index is 1500. The maximum Gasteiger partial charge on any atom is 0.315 e. The molecule has 12 nitrogen and oxygen atoms in total. The molecule has 2 aliphatic carbocycles. The van der Waals surface area contributed by atoms with Crippen LogP contribution in [-0.2, 0) is 25.7 Å². The molecule has 0 radical (unpaired) electrons. The second-order valence-corrected chi connectivity index (χ2v) is 16.9. The van der Waals surface area contributed by atoms with Gasteiger partial charge in [0.05, 0.1) is 12.1 Å². The number of nitrogens with zero attached hydrogens (tertiary/aromatic N) is 2. The fourth-order valence-electron chi connectivity index (χ4n) is 7.26. The lowest BCUT2D eigenvalue weighted by molar-refractivity contribution is -0.145. The first-order valence-corrected chi connectivity index (χ1v) is 17.5. The largest absolute Gasteiger partial charge is 0.346 e. The summed E-state index contributed by atoms with van der Waals surface area (Å²) in [5.41, 5.74) is -1.52. The molecule has 5 amide bonds. The molecular formula is C37H56N6O6. The zero-order chi connectivity index (χ0) is 36.5. The first-order chi connectivity index (χ1) is 22.8. The molecule has 12 heteroatoms. The number of amides is 5. The topological polar surface area (TPSA) is 159 Å². The molecule has 6 atom stereocenters. The Kier molecular flexibility index (Phi) is 11.2.